The van der Waals surface area contributed by atoms with Crippen LogP contribution in [0.4, 0.5) is 5.69 Å². The molecule has 0 aliphatic heterocycles. The van der Waals surface area contributed by atoms with Gasteiger partial charge in [-0.25, -0.2) is 4.79 Å². The van der Waals surface area contributed by atoms with E-state index in [1.54, 1.807) is 13.8 Å². The summed E-state index contributed by atoms with van der Waals surface area (Å²) in [7, 11) is 0. The van der Waals surface area contributed by atoms with Gasteiger partial charge in [-0.3, -0.25) is 14.9 Å². The van der Waals surface area contributed by atoms with Crippen LogP contribution in [0.2, 0.25) is 5.02 Å². The predicted molar refractivity (Wildman–Crippen MR) is 77.3 cm³/mol. The molecule has 0 saturated carbocycles. The second-order valence-corrected chi connectivity index (χ2v) is 5.47. The molecule has 0 spiro atoms. The molecular weight excluding hydrogens is 298 g/mol. The third-order valence-electron chi connectivity index (χ3n) is 3.28. The summed E-state index contributed by atoms with van der Waals surface area (Å²) in [5, 5.41) is 10.9. The van der Waals surface area contributed by atoms with Crippen molar-refractivity contribution >= 4 is 29.2 Å². The van der Waals surface area contributed by atoms with E-state index in [0.717, 1.165) is 0 Å². The lowest BCUT2D eigenvalue weighted by Gasteiger charge is -2.13. The first-order valence-corrected chi connectivity index (χ1v) is 6.74. The van der Waals surface area contributed by atoms with Gasteiger partial charge in [0.25, 0.3) is 0 Å². The van der Waals surface area contributed by atoms with E-state index in [1.165, 1.54) is 12.1 Å². The Morgan fingerprint density at radius 1 is 1.29 bits per heavy atom. The van der Waals surface area contributed by atoms with Gasteiger partial charge in [0.2, 0.25) is 0 Å². The maximum Gasteiger partial charge on any atom is 0.352 e. The summed E-state index contributed by atoms with van der Waals surface area (Å²) in [6.07, 6.45) is 0. The van der Waals surface area contributed by atoms with Crippen LogP contribution in [0.15, 0.2) is 12.1 Å². The van der Waals surface area contributed by atoms with E-state index < -0.39 is 28.5 Å². The zero-order valence-electron chi connectivity index (χ0n) is 12.2. The first-order chi connectivity index (χ1) is 9.66. The molecule has 0 fully saturated rings. The van der Waals surface area contributed by atoms with Crippen molar-refractivity contribution in [3.63, 3.8) is 0 Å². The maximum atomic E-state index is 12.0. The molecule has 0 N–H and O–H groups in total. The summed E-state index contributed by atoms with van der Waals surface area (Å²) in [6, 6.07) is 2.69. The molecule has 1 aromatic carbocycles. The van der Waals surface area contributed by atoms with Crippen LogP contribution < -0.4 is 0 Å². The molecule has 21 heavy (non-hydrogen) atoms. The maximum absolute atomic E-state index is 12.0. The minimum atomic E-state index is -1.07. The summed E-state index contributed by atoms with van der Waals surface area (Å²) in [5.41, 5.74) is -0.423. The Labute approximate surface area is 127 Å². The van der Waals surface area contributed by atoms with Gasteiger partial charge in [0.1, 0.15) is 10.6 Å². The number of ether oxygens (including phenoxy) is 1. The van der Waals surface area contributed by atoms with Crippen molar-refractivity contribution in [1.29, 1.82) is 0 Å². The Bertz CT molecular complexity index is 597. The molecule has 0 radical (unpaired) electrons. The summed E-state index contributed by atoms with van der Waals surface area (Å²) in [6.45, 7) is 6.82. The van der Waals surface area contributed by atoms with Crippen molar-refractivity contribution < 1.29 is 19.2 Å². The van der Waals surface area contributed by atoms with Crippen LogP contribution in [0.3, 0.4) is 0 Å². The topological polar surface area (TPSA) is 86.5 Å². The van der Waals surface area contributed by atoms with E-state index in [0.29, 0.717) is 5.56 Å². The molecule has 0 heterocycles. The normalized spacial score (nSPS) is 12.1. The number of aryl methyl sites for hydroxylation is 1. The molecule has 0 saturated heterocycles. The van der Waals surface area contributed by atoms with Gasteiger partial charge in [-0.05, 0) is 24.5 Å². The van der Waals surface area contributed by atoms with E-state index >= 15 is 0 Å². The molecule has 0 aliphatic carbocycles. The van der Waals surface area contributed by atoms with Crippen LogP contribution in [0.25, 0.3) is 0 Å². The van der Waals surface area contributed by atoms with E-state index in [1.807, 2.05) is 13.8 Å². The lowest BCUT2D eigenvalue weighted by Crippen LogP contribution is -2.23. The third kappa shape index (κ3) is 3.78. The Morgan fingerprint density at radius 3 is 2.33 bits per heavy atom. The average molecular weight is 314 g/mol. The molecule has 0 aliphatic rings. The number of rotatable bonds is 4. The summed E-state index contributed by atoms with van der Waals surface area (Å²) in [4.78, 5) is 34.0. The van der Waals surface area contributed by atoms with Gasteiger partial charge < -0.3 is 4.74 Å². The Balaban J connectivity index is 3.12. The summed E-state index contributed by atoms with van der Waals surface area (Å²) < 4.78 is 4.70. The SMILES string of the molecule is Cc1ccc(C(=O)OC(=O)C(C)C(C)C)c([N+](=O)[O-])c1Cl. The zero-order chi connectivity index (χ0) is 16.3. The Kier molecular flexibility index (Phi) is 5.43. The van der Waals surface area contributed by atoms with Gasteiger partial charge in [-0.1, -0.05) is 38.4 Å². The van der Waals surface area contributed by atoms with Crippen LogP contribution in [0.5, 0.6) is 0 Å². The Morgan fingerprint density at radius 2 is 1.86 bits per heavy atom. The molecule has 1 aromatic rings. The van der Waals surface area contributed by atoms with Gasteiger partial charge in [-0.15, -0.1) is 0 Å². The molecule has 1 atom stereocenters. The van der Waals surface area contributed by atoms with Crippen LogP contribution in [-0.4, -0.2) is 16.9 Å². The predicted octanol–water partition coefficient (Wildman–Crippen LogP) is 3.53. The highest BCUT2D eigenvalue weighted by Crippen LogP contribution is 2.32. The zero-order valence-corrected chi connectivity index (χ0v) is 12.9. The smallest absolute Gasteiger partial charge is 0.352 e. The number of nitrogens with zero attached hydrogens (tertiary/aromatic N) is 1. The van der Waals surface area contributed by atoms with Crippen LogP contribution in [0, 0.1) is 28.9 Å². The van der Waals surface area contributed by atoms with Gasteiger partial charge in [-0.2, -0.15) is 0 Å². The van der Waals surface area contributed by atoms with Gasteiger partial charge in [0.05, 0.1) is 10.8 Å². The van der Waals surface area contributed by atoms with E-state index in [-0.39, 0.29) is 16.5 Å². The van der Waals surface area contributed by atoms with E-state index in [9.17, 15) is 19.7 Å². The van der Waals surface area contributed by atoms with Crippen LogP contribution >= 0.6 is 11.6 Å². The number of nitro benzene ring substituents is 1. The Hall–Kier alpha value is -1.95. The minimum absolute atomic E-state index is 0.0121. The quantitative estimate of drug-likeness (QED) is 0.367. The van der Waals surface area contributed by atoms with E-state index in [2.05, 4.69) is 0 Å². The van der Waals surface area contributed by atoms with Crippen molar-refractivity contribution in [2.75, 3.05) is 0 Å². The largest absolute Gasteiger partial charge is 0.389 e. The fourth-order valence-corrected chi connectivity index (χ4v) is 1.75. The number of esters is 2. The second kappa shape index (κ2) is 6.67. The highest BCUT2D eigenvalue weighted by atomic mass is 35.5. The second-order valence-electron chi connectivity index (χ2n) is 5.09. The number of carbonyl (C=O) groups excluding carboxylic acids is 2. The first kappa shape index (κ1) is 17.1. The monoisotopic (exact) mass is 313 g/mol. The third-order valence-corrected chi connectivity index (χ3v) is 3.75. The summed E-state index contributed by atoms with van der Waals surface area (Å²) in [5.74, 6) is -2.29. The fourth-order valence-electron chi connectivity index (χ4n) is 1.52. The standard InChI is InChI=1S/C14H16ClNO5/c1-7(2)9(4)13(17)21-14(18)10-6-5-8(3)11(15)12(10)16(19)20/h5-7,9H,1-4H3. The molecular formula is C14H16ClNO5. The van der Waals surface area contributed by atoms with E-state index in [4.69, 9.17) is 16.3 Å². The highest BCUT2D eigenvalue weighted by Gasteiger charge is 2.29. The van der Waals surface area contributed by atoms with Crippen molar-refractivity contribution in [1.82, 2.24) is 0 Å². The molecule has 7 heteroatoms. The lowest BCUT2D eigenvalue weighted by atomic mass is 9.98. The number of benzene rings is 1. The van der Waals surface area contributed by atoms with Gasteiger partial charge >= 0.3 is 17.6 Å². The number of hydrogen-bond acceptors (Lipinski definition) is 5. The van der Waals surface area contributed by atoms with Crippen molar-refractivity contribution in [2.45, 2.75) is 27.7 Å². The molecule has 1 rings (SSSR count). The molecule has 0 amide bonds. The number of hydrogen-bond donors (Lipinski definition) is 0. The van der Waals surface area contributed by atoms with Gasteiger partial charge in [0.15, 0.2) is 0 Å². The molecule has 0 aromatic heterocycles. The van der Waals surface area contributed by atoms with Crippen molar-refractivity contribution in [3.05, 3.63) is 38.4 Å². The number of halogens is 1. The molecule has 6 nitrogen and oxygen atoms in total. The van der Waals surface area contributed by atoms with Crippen molar-refractivity contribution in [2.24, 2.45) is 11.8 Å². The fraction of sp³-hybridized carbons (Fsp3) is 0.429. The van der Waals surface area contributed by atoms with Crippen molar-refractivity contribution in [3.8, 4) is 0 Å². The molecule has 114 valence electrons. The molecule has 0 bridgehead atoms. The molecule has 1 unspecified atom stereocenters. The minimum Gasteiger partial charge on any atom is -0.389 e. The lowest BCUT2D eigenvalue weighted by molar-refractivity contribution is -0.385. The highest BCUT2D eigenvalue weighted by molar-refractivity contribution is 6.34. The first-order valence-electron chi connectivity index (χ1n) is 6.36. The van der Waals surface area contributed by atoms with Gasteiger partial charge in [0, 0.05) is 0 Å². The average Bonchev–Trinajstić information content (AvgIpc) is 2.39. The summed E-state index contributed by atoms with van der Waals surface area (Å²) >= 11 is 5.85. The number of nitro groups is 1. The van der Waals surface area contributed by atoms with Crippen LogP contribution in [0.1, 0.15) is 36.7 Å². The number of carbonyl (C=O) groups is 2. The van der Waals surface area contributed by atoms with Crippen LogP contribution in [-0.2, 0) is 9.53 Å².